The highest BCUT2D eigenvalue weighted by Gasteiger charge is 2.31. The zero-order valence-corrected chi connectivity index (χ0v) is 11.7. The Morgan fingerprint density at radius 2 is 1.95 bits per heavy atom. The molecule has 0 spiro atoms. The van der Waals surface area contributed by atoms with Gasteiger partial charge in [0.25, 0.3) is 0 Å². The van der Waals surface area contributed by atoms with Gasteiger partial charge < -0.3 is 5.73 Å². The van der Waals surface area contributed by atoms with Gasteiger partial charge in [-0.3, -0.25) is 4.90 Å². The topological polar surface area (TPSA) is 29.3 Å². The number of likely N-dealkylation sites (tertiary alicyclic amines) is 1. The first-order chi connectivity index (χ1) is 9.41. The van der Waals surface area contributed by atoms with Gasteiger partial charge >= 0.3 is 6.18 Å². The lowest BCUT2D eigenvalue weighted by Crippen LogP contribution is -2.40. The summed E-state index contributed by atoms with van der Waals surface area (Å²) in [6, 6.07) is 5.41. The number of hydrogen-bond donors (Lipinski definition) is 1. The van der Waals surface area contributed by atoms with Gasteiger partial charge in [0.2, 0.25) is 0 Å². The highest BCUT2D eigenvalue weighted by atomic mass is 19.4. The molecule has 1 aromatic carbocycles. The highest BCUT2D eigenvalue weighted by Crippen LogP contribution is 2.31. The number of piperidine rings is 1. The molecule has 0 unspecified atom stereocenters. The number of halogens is 3. The zero-order valence-electron chi connectivity index (χ0n) is 11.7. The van der Waals surface area contributed by atoms with Crippen molar-refractivity contribution in [2.24, 2.45) is 11.7 Å². The maximum absolute atomic E-state index is 12.6. The second kappa shape index (κ2) is 6.14. The van der Waals surface area contributed by atoms with Crippen LogP contribution in [-0.2, 0) is 6.18 Å². The van der Waals surface area contributed by atoms with Crippen molar-refractivity contribution < 1.29 is 13.2 Å². The van der Waals surface area contributed by atoms with E-state index in [1.807, 2.05) is 0 Å². The molecule has 1 aliphatic heterocycles. The van der Waals surface area contributed by atoms with Gasteiger partial charge in [-0.2, -0.15) is 13.2 Å². The molecular weight excluding hydrogens is 265 g/mol. The molecule has 2 N–H and O–H groups in total. The predicted octanol–water partition coefficient (Wildman–Crippen LogP) is 3.44. The van der Waals surface area contributed by atoms with Crippen molar-refractivity contribution in [1.29, 1.82) is 0 Å². The lowest BCUT2D eigenvalue weighted by molar-refractivity contribution is -0.137. The first-order valence-electron chi connectivity index (χ1n) is 7.03. The van der Waals surface area contributed by atoms with Crippen molar-refractivity contribution in [3.05, 3.63) is 35.4 Å². The zero-order chi connectivity index (χ0) is 14.8. The van der Waals surface area contributed by atoms with Crippen molar-refractivity contribution in [2.75, 3.05) is 19.6 Å². The van der Waals surface area contributed by atoms with Gasteiger partial charge in [-0.1, -0.05) is 19.1 Å². The Labute approximate surface area is 117 Å². The minimum Gasteiger partial charge on any atom is -0.329 e. The van der Waals surface area contributed by atoms with E-state index in [-0.39, 0.29) is 6.04 Å². The minimum atomic E-state index is -4.28. The maximum Gasteiger partial charge on any atom is 0.416 e. The van der Waals surface area contributed by atoms with Crippen molar-refractivity contribution in [1.82, 2.24) is 4.90 Å². The summed E-state index contributed by atoms with van der Waals surface area (Å²) in [5.74, 6) is 0.618. The van der Waals surface area contributed by atoms with Gasteiger partial charge in [-0.05, 0) is 43.0 Å². The van der Waals surface area contributed by atoms with Crippen LogP contribution in [0.1, 0.15) is 36.9 Å². The molecule has 1 fully saturated rings. The Hall–Kier alpha value is -1.07. The van der Waals surface area contributed by atoms with Crippen LogP contribution >= 0.6 is 0 Å². The van der Waals surface area contributed by atoms with Gasteiger partial charge in [0.1, 0.15) is 0 Å². The summed E-state index contributed by atoms with van der Waals surface area (Å²) in [6.07, 6.45) is -1.95. The van der Waals surface area contributed by atoms with Crippen molar-refractivity contribution in [3.63, 3.8) is 0 Å². The Kier molecular flexibility index (Phi) is 4.70. The van der Waals surface area contributed by atoms with Gasteiger partial charge in [-0.25, -0.2) is 0 Å². The van der Waals surface area contributed by atoms with E-state index in [0.29, 0.717) is 12.5 Å². The van der Waals surface area contributed by atoms with Crippen molar-refractivity contribution in [2.45, 2.75) is 32.0 Å². The summed E-state index contributed by atoms with van der Waals surface area (Å²) >= 11 is 0. The van der Waals surface area contributed by atoms with Crippen LogP contribution in [0.3, 0.4) is 0 Å². The summed E-state index contributed by atoms with van der Waals surface area (Å²) in [5.41, 5.74) is 6.10. The fraction of sp³-hybridized carbons (Fsp3) is 0.600. The Balaban J connectivity index is 2.15. The molecule has 0 saturated carbocycles. The second-order valence-corrected chi connectivity index (χ2v) is 5.61. The molecule has 2 atom stereocenters. The Morgan fingerprint density at radius 3 is 2.45 bits per heavy atom. The average Bonchev–Trinajstić information content (AvgIpc) is 2.39. The first kappa shape index (κ1) is 15.3. The molecule has 1 aliphatic rings. The Bertz CT molecular complexity index is 428. The van der Waals surface area contributed by atoms with Crippen LogP contribution in [0.5, 0.6) is 0 Å². The molecule has 112 valence electrons. The van der Waals surface area contributed by atoms with Gasteiger partial charge in [0.15, 0.2) is 0 Å². The lowest BCUT2D eigenvalue weighted by Gasteiger charge is -2.37. The van der Waals surface area contributed by atoms with Crippen LogP contribution < -0.4 is 5.73 Å². The third-order valence-corrected chi connectivity index (χ3v) is 3.98. The van der Waals surface area contributed by atoms with Gasteiger partial charge in [0.05, 0.1) is 5.56 Å². The average molecular weight is 286 g/mol. The van der Waals surface area contributed by atoms with E-state index in [9.17, 15) is 13.2 Å². The molecule has 0 aromatic heterocycles. The molecule has 2 nitrogen and oxygen atoms in total. The number of nitrogens with zero attached hydrogens (tertiary/aromatic N) is 1. The molecular formula is C15H21F3N2. The van der Waals surface area contributed by atoms with E-state index in [2.05, 4.69) is 11.8 Å². The van der Waals surface area contributed by atoms with E-state index >= 15 is 0 Å². The highest BCUT2D eigenvalue weighted by molar-refractivity contribution is 5.27. The third-order valence-electron chi connectivity index (χ3n) is 3.98. The predicted molar refractivity (Wildman–Crippen MR) is 73.2 cm³/mol. The molecule has 1 saturated heterocycles. The summed E-state index contributed by atoms with van der Waals surface area (Å²) < 4.78 is 37.7. The summed E-state index contributed by atoms with van der Waals surface area (Å²) in [5, 5.41) is 0. The SMILES string of the molecule is C[C@@H]1CCCN([C@H](CN)c2ccc(C(F)(F)F)cc2)C1. The fourth-order valence-corrected chi connectivity index (χ4v) is 2.90. The minimum absolute atomic E-state index is 0.0139. The normalized spacial score (nSPS) is 22.8. The van der Waals surface area contributed by atoms with Crippen LogP contribution in [0.4, 0.5) is 13.2 Å². The molecule has 1 aromatic rings. The first-order valence-corrected chi connectivity index (χ1v) is 7.03. The van der Waals surface area contributed by atoms with Crippen molar-refractivity contribution in [3.8, 4) is 0 Å². The summed E-state index contributed by atoms with van der Waals surface area (Å²) in [7, 11) is 0. The fourth-order valence-electron chi connectivity index (χ4n) is 2.90. The van der Waals surface area contributed by atoms with Crippen LogP contribution in [-0.4, -0.2) is 24.5 Å². The number of alkyl halides is 3. The Morgan fingerprint density at radius 1 is 1.30 bits per heavy atom. The van der Waals surface area contributed by atoms with Gasteiger partial charge in [-0.15, -0.1) is 0 Å². The number of hydrogen-bond acceptors (Lipinski definition) is 2. The molecule has 5 heteroatoms. The second-order valence-electron chi connectivity index (χ2n) is 5.61. The van der Waals surface area contributed by atoms with Crippen LogP contribution in [0.2, 0.25) is 0 Å². The number of nitrogens with two attached hydrogens (primary N) is 1. The molecule has 0 aliphatic carbocycles. The molecule has 0 amide bonds. The number of benzene rings is 1. The van der Waals surface area contributed by atoms with Crippen molar-refractivity contribution >= 4 is 0 Å². The molecule has 20 heavy (non-hydrogen) atoms. The smallest absolute Gasteiger partial charge is 0.329 e. The molecule has 2 rings (SSSR count). The molecule has 1 heterocycles. The standard InChI is InChI=1S/C15H21F3N2/c1-11-3-2-8-20(10-11)14(9-19)12-4-6-13(7-5-12)15(16,17)18/h4-7,11,14H,2-3,8-10,19H2,1H3/t11-,14-/m1/s1. The largest absolute Gasteiger partial charge is 0.416 e. The van der Waals surface area contributed by atoms with E-state index in [1.54, 1.807) is 12.1 Å². The summed E-state index contributed by atoms with van der Waals surface area (Å²) in [4.78, 5) is 2.29. The summed E-state index contributed by atoms with van der Waals surface area (Å²) in [6.45, 7) is 4.56. The van der Waals surface area contributed by atoms with Crippen LogP contribution in [0.25, 0.3) is 0 Å². The molecule has 0 radical (unpaired) electrons. The van der Waals surface area contributed by atoms with E-state index in [1.165, 1.54) is 6.42 Å². The lowest BCUT2D eigenvalue weighted by atomic mass is 9.96. The third kappa shape index (κ3) is 3.52. The van der Waals surface area contributed by atoms with Crippen LogP contribution in [0, 0.1) is 5.92 Å². The van der Waals surface area contributed by atoms with E-state index < -0.39 is 11.7 Å². The van der Waals surface area contributed by atoms with E-state index in [4.69, 9.17) is 5.73 Å². The van der Waals surface area contributed by atoms with E-state index in [0.717, 1.165) is 37.2 Å². The monoisotopic (exact) mass is 286 g/mol. The molecule has 0 bridgehead atoms. The van der Waals surface area contributed by atoms with Gasteiger partial charge in [0, 0.05) is 19.1 Å². The van der Waals surface area contributed by atoms with Crippen LogP contribution in [0.15, 0.2) is 24.3 Å². The quantitative estimate of drug-likeness (QED) is 0.922. The maximum atomic E-state index is 12.6. The number of rotatable bonds is 3.